The van der Waals surface area contributed by atoms with Crippen LogP contribution in [0.2, 0.25) is 5.02 Å². The van der Waals surface area contributed by atoms with E-state index in [0.29, 0.717) is 16.7 Å². The molecule has 0 atom stereocenters. The Hall–Kier alpha value is -2.93. The van der Waals surface area contributed by atoms with Crippen LogP contribution in [0.15, 0.2) is 71.8 Å². The van der Waals surface area contributed by atoms with Crippen molar-refractivity contribution in [2.75, 3.05) is 0 Å². The Morgan fingerprint density at radius 3 is 2.70 bits per heavy atom. The van der Waals surface area contributed by atoms with Crippen LogP contribution in [0.5, 0.6) is 11.6 Å². The number of aryl methyl sites for hydroxylation is 1. The van der Waals surface area contributed by atoms with Gasteiger partial charge < -0.3 is 4.74 Å². The number of halogens is 1. The van der Waals surface area contributed by atoms with Crippen LogP contribution < -0.4 is 4.74 Å². The van der Waals surface area contributed by atoms with Gasteiger partial charge in [-0.15, -0.1) is 11.3 Å². The number of thioether (sulfide) groups is 1. The van der Waals surface area contributed by atoms with Gasteiger partial charge in [0.1, 0.15) is 15.8 Å². The Kier molecular flexibility index (Phi) is 5.29. The van der Waals surface area contributed by atoms with Gasteiger partial charge in [-0.1, -0.05) is 53.2 Å². The van der Waals surface area contributed by atoms with Crippen LogP contribution in [0, 0.1) is 6.92 Å². The van der Waals surface area contributed by atoms with Gasteiger partial charge in [-0.3, -0.25) is 0 Å². The first-order valence-electron chi connectivity index (χ1n) is 10.5. The number of benzene rings is 3. The van der Waals surface area contributed by atoms with Crippen LogP contribution in [-0.2, 0) is 12.2 Å². The SMILES string of the molecule is Cc1ccc2c(c1)Cc1c(nc(-c3ccc(Cl)cc3)nc1SCc1nc3ccccc3s1)O2. The van der Waals surface area contributed by atoms with Crippen molar-refractivity contribution < 1.29 is 4.74 Å². The van der Waals surface area contributed by atoms with Crippen LogP contribution in [0.25, 0.3) is 21.6 Å². The Bertz CT molecular complexity index is 1460. The highest BCUT2D eigenvalue weighted by atomic mass is 35.5. The standard InChI is InChI=1S/C26H18ClN3OS2/c1-15-6-11-21-17(12-15)13-19-25(31-21)29-24(16-7-9-18(27)10-8-16)30-26(19)32-14-23-28-20-4-2-3-5-22(20)33-23/h2-12H,13-14H2,1H3. The molecule has 0 spiro atoms. The van der Waals surface area contributed by atoms with E-state index in [-0.39, 0.29) is 0 Å². The molecule has 6 rings (SSSR count). The van der Waals surface area contributed by atoms with Crippen molar-refractivity contribution in [1.82, 2.24) is 15.0 Å². The molecule has 7 heteroatoms. The topological polar surface area (TPSA) is 47.9 Å². The molecule has 33 heavy (non-hydrogen) atoms. The monoisotopic (exact) mass is 487 g/mol. The summed E-state index contributed by atoms with van der Waals surface area (Å²) in [5.41, 5.74) is 5.34. The first-order chi connectivity index (χ1) is 16.1. The van der Waals surface area contributed by atoms with Gasteiger partial charge in [0.05, 0.1) is 21.5 Å². The summed E-state index contributed by atoms with van der Waals surface area (Å²) < 4.78 is 7.46. The summed E-state index contributed by atoms with van der Waals surface area (Å²) in [7, 11) is 0. The Balaban J connectivity index is 1.39. The molecular weight excluding hydrogens is 470 g/mol. The molecule has 1 aliphatic rings. The fourth-order valence-corrected chi connectivity index (χ4v) is 5.99. The molecule has 0 saturated heterocycles. The summed E-state index contributed by atoms with van der Waals surface area (Å²) in [6, 6.07) is 22.1. The molecular formula is C26H18ClN3OS2. The molecule has 5 aromatic rings. The molecule has 0 aliphatic carbocycles. The van der Waals surface area contributed by atoms with Crippen LogP contribution in [0.1, 0.15) is 21.7 Å². The molecule has 4 nitrogen and oxygen atoms in total. The second-order valence-corrected chi connectivity index (χ2v) is 10.4. The lowest BCUT2D eigenvalue weighted by Crippen LogP contribution is -2.09. The number of aromatic nitrogens is 3. The second kappa shape index (κ2) is 8.45. The zero-order chi connectivity index (χ0) is 22.4. The highest BCUT2D eigenvalue weighted by Gasteiger charge is 2.24. The van der Waals surface area contributed by atoms with Gasteiger partial charge in [0.2, 0.25) is 5.88 Å². The maximum Gasteiger partial charge on any atom is 0.227 e. The van der Waals surface area contributed by atoms with E-state index in [4.69, 9.17) is 31.3 Å². The summed E-state index contributed by atoms with van der Waals surface area (Å²) in [6.07, 6.45) is 0.745. The van der Waals surface area contributed by atoms with Gasteiger partial charge in [-0.05, 0) is 55.0 Å². The van der Waals surface area contributed by atoms with Gasteiger partial charge in [0.15, 0.2) is 5.82 Å². The van der Waals surface area contributed by atoms with Crippen LogP contribution in [0.4, 0.5) is 0 Å². The van der Waals surface area contributed by atoms with Gasteiger partial charge in [-0.2, -0.15) is 4.98 Å². The molecule has 0 N–H and O–H groups in total. The summed E-state index contributed by atoms with van der Waals surface area (Å²) >= 11 is 9.50. The summed E-state index contributed by atoms with van der Waals surface area (Å²) in [6.45, 7) is 2.10. The summed E-state index contributed by atoms with van der Waals surface area (Å²) in [5.74, 6) is 2.85. The van der Waals surface area contributed by atoms with E-state index < -0.39 is 0 Å². The average Bonchev–Trinajstić information content (AvgIpc) is 3.25. The summed E-state index contributed by atoms with van der Waals surface area (Å²) in [5, 5.41) is 2.69. The van der Waals surface area contributed by atoms with Crippen LogP contribution >= 0.6 is 34.7 Å². The number of hydrogen-bond acceptors (Lipinski definition) is 6. The number of nitrogens with zero attached hydrogens (tertiary/aromatic N) is 3. The Morgan fingerprint density at radius 2 is 1.85 bits per heavy atom. The first-order valence-corrected chi connectivity index (χ1v) is 12.7. The largest absolute Gasteiger partial charge is 0.438 e. The third-order valence-electron chi connectivity index (χ3n) is 5.49. The van der Waals surface area contributed by atoms with Crippen molar-refractivity contribution in [2.45, 2.75) is 24.1 Å². The molecule has 0 bridgehead atoms. The zero-order valence-electron chi connectivity index (χ0n) is 17.7. The molecule has 162 valence electrons. The predicted molar refractivity (Wildman–Crippen MR) is 136 cm³/mol. The highest BCUT2D eigenvalue weighted by Crippen LogP contribution is 2.41. The van der Waals surface area contributed by atoms with E-state index in [0.717, 1.165) is 50.2 Å². The quantitative estimate of drug-likeness (QED) is 0.188. The number of rotatable bonds is 4. The third-order valence-corrected chi connectivity index (χ3v) is 7.99. The van der Waals surface area contributed by atoms with E-state index in [2.05, 4.69) is 31.2 Å². The van der Waals surface area contributed by atoms with Crippen molar-refractivity contribution in [1.29, 1.82) is 0 Å². The second-order valence-electron chi connectivity index (χ2n) is 7.90. The molecule has 0 radical (unpaired) electrons. The molecule has 2 aromatic heterocycles. The van der Waals surface area contributed by atoms with Crippen molar-refractivity contribution in [3.05, 3.63) is 93.5 Å². The third kappa shape index (κ3) is 4.10. The van der Waals surface area contributed by atoms with Crippen LogP contribution in [0.3, 0.4) is 0 Å². The average molecular weight is 488 g/mol. The lowest BCUT2D eigenvalue weighted by molar-refractivity contribution is 0.435. The summed E-state index contributed by atoms with van der Waals surface area (Å²) in [4.78, 5) is 14.5. The minimum atomic E-state index is 0.623. The molecule has 3 aromatic carbocycles. The van der Waals surface area contributed by atoms with E-state index in [1.54, 1.807) is 23.1 Å². The molecule has 0 unspecified atom stereocenters. The smallest absolute Gasteiger partial charge is 0.227 e. The van der Waals surface area contributed by atoms with E-state index in [1.165, 1.54) is 10.3 Å². The number of para-hydroxylation sites is 1. The molecule has 1 aliphatic heterocycles. The van der Waals surface area contributed by atoms with E-state index >= 15 is 0 Å². The molecule has 0 saturated carbocycles. The molecule has 3 heterocycles. The van der Waals surface area contributed by atoms with Gasteiger partial charge in [0, 0.05) is 17.0 Å². The van der Waals surface area contributed by atoms with Crippen molar-refractivity contribution in [3.8, 4) is 23.0 Å². The first kappa shape index (κ1) is 20.7. The van der Waals surface area contributed by atoms with Crippen molar-refractivity contribution in [2.24, 2.45) is 0 Å². The van der Waals surface area contributed by atoms with Crippen LogP contribution in [-0.4, -0.2) is 15.0 Å². The minimum absolute atomic E-state index is 0.623. The normalized spacial score (nSPS) is 12.3. The minimum Gasteiger partial charge on any atom is -0.438 e. The number of fused-ring (bicyclic) bond motifs is 3. The number of thiazole rings is 1. The highest BCUT2D eigenvalue weighted by molar-refractivity contribution is 7.98. The van der Waals surface area contributed by atoms with Crippen molar-refractivity contribution in [3.63, 3.8) is 0 Å². The fourth-order valence-electron chi connectivity index (χ4n) is 3.88. The fraction of sp³-hybridized carbons (Fsp3) is 0.115. The Labute approximate surface area is 204 Å². The molecule has 0 amide bonds. The van der Waals surface area contributed by atoms with E-state index in [1.807, 2.05) is 42.5 Å². The lowest BCUT2D eigenvalue weighted by atomic mass is 10.0. The maximum absolute atomic E-state index is 6.26. The van der Waals surface area contributed by atoms with E-state index in [9.17, 15) is 0 Å². The number of ether oxygens (including phenoxy) is 1. The predicted octanol–water partition coefficient (Wildman–Crippen LogP) is 7.70. The van der Waals surface area contributed by atoms with Gasteiger partial charge in [0.25, 0.3) is 0 Å². The lowest BCUT2D eigenvalue weighted by Gasteiger charge is -2.22. The van der Waals surface area contributed by atoms with Gasteiger partial charge in [-0.25, -0.2) is 9.97 Å². The zero-order valence-corrected chi connectivity index (χ0v) is 20.1. The van der Waals surface area contributed by atoms with Gasteiger partial charge >= 0.3 is 0 Å². The maximum atomic E-state index is 6.26. The Morgan fingerprint density at radius 1 is 1.00 bits per heavy atom. The number of hydrogen-bond donors (Lipinski definition) is 0. The molecule has 0 fully saturated rings. The van der Waals surface area contributed by atoms with Crippen molar-refractivity contribution >= 4 is 44.9 Å².